The Balaban J connectivity index is 2.26. The number of H-pyrrole nitrogens is 1. The summed E-state index contributed by atoms with van der Waals surface area (Å²) >= 11 is 0. The van der Waals surface area contributed by atoms with Crippen LogP contribution in [0.3, 0.4) is 0 Å². The summed E-state index contributed by atoms with van der Waals surface area (Å²) in [6.45, 7) is 0. The maximum absolute atomic E-state index is 11.3. The van der Waals surface area contributed by atoms with Crippen molar-refractivity contribution >= 4 is 20.9 Å². The zero-order valence-electron chi connectivity index (χ0n) is 9.90. The molecule has 0 atom stereocenters. The Morgan fingerprint density at radius 3 is 2.68 bits per heavy atom. The van der Waals surface area contributed by atoms with Crippen LogP contribution in [0.4, 0.5) is 0 Å². The molecule has 9 heteroatoms. The third-order valence-corrected chi connectivity index (χ3v) is 3.64. The quantitative estimate of drug-likeness (QED) is 0.684. The predicted octanol–water partition coefficient (Wildman–Crippen LogP) is 0.00580. The number of primary sulfonamides is 1. The average Bonchev–Trinajstić information content (AvgIpc) is 2.91. The number of aromatic amines is 1. The van der Waals surface area contributed by atoms with E-state index in [-0.39, 0.29) is 5.16 Å². The number of nitrogens with zero attached hydrogens (tertiary/aromatic N) is 4. The highest BCUT2D eigenvalue weighted by atomic mass is 32.2. The van der Waals surface area contributed by atoms with Gasteiger partial charge in [-0.25, -0.2) is 13.6 Å². The number of nitrogens with two attached hydrogens (primary N) is 1. The number of sulfonamides is 1. The maximum atomic E-state index is 11.3. The van der Waals surface area contributed by atoms with Crippen LogP contribution >= 0.6 is 0 Å². The van der Waals surface area contributed by atoms with Crippen molar-refractivity contribution in [3.63, 3.8) is 0 Å². The topological polar surface area (TPSA) is 120 Å². The molecule has 2 aromatic heterocycles. The molecule has 0 amide bonds. The van der Waals surface area contributed by atoms with Gasteiger partial charge in [-0.2, -0.15) is 5.10 Å². The van der Waals surface area contributed by atoms with Gasteiger partial charge < -0.3 is 0 Å². The lowest BCUT2D eigenvalue weighted by molar-refractivity contribution is 0.580. The second-order valence-corrected chi connectivity index (χ2v) is 5.48. The molecule has 0 saturated heterocycles. The van der Waals surface area contributed by atoms with Crippen molar-refractivity contribution in [2.24, 2.45) is 12.2 Å². The van der Waals surface area contributed by atoms with E-state index in [9.17, 15) is 8.42 Å². The smallest absolute Gasteiger partial charge is 0.273 e. The van der Waals surface area contributed by atoms with E-state index in [1.807, 2.05) is 24.3 Å². The standard InChI is InChI=1S/C10H10N6O2S/c1-16-9(14-15-10(16)19(11,17)18)8-6-4-2-3-5-7(6)12-13-8/h2-5H,1H3,(H,12,13)(H2,11,17,18). The number of fused-ring (bicyclic) bond motifs is 1. The van der Waals surface area contributed by atoms with Crippen molar-refractivity contribution in [3.8, 4) is 11.5 Å². The van der Waals surface area contributed by atoms with Gasteiger partial charge in [0.2, 0.25) is 0 Å². The highest BCUT2D eigenvalue weighted by molar-refractivity contribution is 7.89. The number of aromatic nitrogens is 5. The lowest BCUT2D eigenvalue weighted by atomic mass is 10.2. The van der Waals surface area contributed by atoms with Crippen LogP contribution in [-0.2, 0) is 17.1 Å². The Kier molecular flexibility index (Phi) is 2.40. The van der Waals surface area contributed by atoms with E-state index in [4.69, 9.17) is 5.14 Å². The molecule has 0 saturated carbocycles. The van der Waals surface area contributed by atoms with E-state index in [0.717, 1.165) is 10.9 Å². The first-order chi connectivity index (χ1) is 8.98. The fourth-order valence-electron chi connectivity index (χ4n) is 1.90. The average molecular weight is 278 g/mol. The van der Waals surface area contributed by atoms with Gasteiger partial charge in [0.15, 0.2) is 5.82 Å². The summed E-state index contributed by atoms with van der Waals surface area (Å²) in [4.78, 5) is 0. The van der Waals surface area contributed by atoms with Crippen LogP contribution in [0.15, 0.2) is 29.4 Å². The van der Waals surface area contributed by atoms with Crippen LogP contribution in [0.5, 0.6) is 0 Å². The fourth-order valence-corrected chi connectivity index (χ4v) is 2.53. The van der Waals surface area contributed by atoms with Gasteiger partial charge in [0.1, 0.15) is 5.69 Å². The Morgan fingerprint density at radius 2 is 2.00 bits per heavy atom. The fraction of sp³-hybridized carbons (Fsp3) is 0.100. The second-order valence-electron chi connectivity index (χ2n) is 4.03. The van der Waals surface area contributed by atoms with Crippen molar-refractivity contribution in [1.82, 2.24) is 25.0 Å². The highest BCUT2D eigenvalue weighted by Crippen LogP contribution is 2.24. The Hall–Kier alpha value is -2.26. The number of rotatable bonds is 2. The molecule has 8 nitrogen and oxygen atoms in total. The normalized spacial score (nSPS) is 12.1. The van der Waals surface area contributed by atoms with E-state index in [1.54, 1.807) is 0 Å². The summed E-state index contributed by atoms with van der Waals surface area (Å²) < 4.78 is 24.0. The molecule has 0 spiro atoms. The molecule has 0 unspecified atom stereocenters. The molecule has 0 fully saturated rings. The van der Waals surface area contributed by atoms with E-state index in [2.05, 4.69) is 20.4 Å². The molecule has 3 rings (SSSR count). The van der Waals surface area contributed by atoms with Gasteiger partial charge in [-0.3, -0.25) is 9.67 Å². The molecule has 0 bridgehead atoms. The van der Waals surface area contributed by atoms with Gasteiger partial charge in [0.25, 0.3) is 15.2 Å². The number of hydrogen-bond acceptors (Lipinski definition) is 5. The first-order valence-corrected chi connectivity index (χ1v) is 6.89. The van der Waals surface area contributed by atoms with Crippen LogP contribution in [0, 0.1) is 0 Å². The summed E-state index contributed by atoms with van der Waals surface area (Å²) in [7, 11) is -2.38. The molecule has 0 aliphatic heterocycles. The first-order valence-electron chi connectivity index (χ1n) is 5.34. The molecule has 1 aromatic carbocycles. The summed E-state index contributed by atoms with van der Waals surface area (Å²) in [6, 6.07) is 7.46. The van der Waals surface area contributed by atoms with Crippen LogP contribution in [0.1, 0.15) is 0 Å². The van der Waals surface area contributed by atoms with Crippen LogP contribution in [0.25, 0.3) is 22.4 Å². The van der Waals surface area contributed by atoms with Crippen molar-refractivity contribution < 1.29 is 8.42 Å². The summed E-state index contributed by atoms with van der Waals surface area (Å²) in [5, 5.41) is 20.0. The van der Waals surface area contributed by atoms with Gasteiger partial charge in [-0.05, 0) is 6.07 Å². The monoisotopic (exact) mass is 278 g/mol. The lowest BCUT2D eigenvalue weighted by Crippen LogP contribution is -2.17. The van der Waals surface area contributed by atoms with Gasteiger partial charge in [0.05, 0.1) is 5.52 Å². The Bertz CT molecular complexity index is 863. The molecule has 3 aromatic rings. The molecule has 3 N–H and O–H groups in total. The number of hydrogen-bond donors (Lipinski definition) is 2. The van der Waals surface area contributed by atoms with Gasteiger partial charge in [-0.1, -0.05) is 18.2 Å². The van der Waals surface area contributed by atoms with E-state index < -0.39 is 10.0 Å². The van der Waals surface area contributed by atoms with Crippen molar-refractivity contribution in [1.29, 1.82) is 0 Å². The zero-order valence-corrected chi connectivity index (χ0v) is 10.7. The number of benzene rings is 1. The van der Waals surface area contributed by atoms with Gasteiger partial charge >= 0.3 is 0 Å². The molecule has 0 radical (unpaired) electrons. The van der Waals surface area contributed by atoms with Crippen molar-refractivity contribution in [2.75, 3.05) is 0 Å². The molecule has 98 valence electrons. The second kappa shape index (κ2) is 3.87. The minimum atomic E-state index is -3.91. The maximum Gasteiger partial charge on any atom is 0.273 e. The summed E-state index contributed by atoms with van der Waals surface area (Å²) in [6.07, 6.45) is 0. The molecular formula is C10H10N6O2S. The molecule has 19 heavy (non-hydrogen) atoms. The molecule has 2 heterocycles. The summed E-state index contributed by atoms with van der Waals surface area (Å²) in [5.41, 5.74) is 1.36. The molecule has 0 aliphatic carbocycles. The third kappa shape index (κ3) is 1.79. The van der Waals surface area contributed by atoms with Crippen LogP contribution in [0.2, 0.25) is 0 Å². The van der Waals surface area contributed by atoms with E-state index in [0.29, 0.717) is 11.5 Å². The zero-order chi connectivity index (χ0) is 13.6. The first kappa shape index (κ1) is 11.8. The minimum Gasteiger partial charge on any atom is -0.298 e. The third-order valence-electron chi connectivity index (χ3n) is 2.77. The van der Waals surface area contributed by atoms with Crippen LogP contribution < -0.4 is 5.14 Å². The minimum absolute atomic E-state index is 0.297. The predicted molar refractivity (Wildman–Crippen MR) is 67.5 cm³/mol. The highest BCUT2D eigenvalue weighted by Gasteiger charge is 2.21. The van der Waals surface area contributed by atoms with Gasteiger partial charge in [-0.15, -0.1) is 10.2 Å². The Morgan fingerprint density at radius 1 is 1.26 bits per heavy atom. The van der Waals surface area contributed by atoms with E-state index >= 15 is 0 Å². The lowest BCUT2D eigenvalue weighted by Gasteiger charge is -2.00. The van der Waals surface area contributed by atoms with Crippen molar-refractivity contribution in [3.05, 3.63) is 24.3 Å². The Labute approximate surface area is 108 Å². The summed E-state index contributed by atoms with van der Waals surface area (Å²) in [5.74, 6) is 0.335. The van der Waals surface area contributed by atoms with E-state index in [1.165, 1.54) is 11.6 Å². The number of para-hydroxylation sites is 1. The number of nitrogens with one attached hydrogen (secondary N) is 1. The van der Waals surface area contributed by atoms with Crippen LogP contribution in [-0.4, -0.2) is 33.4 Å². The molecular weight excluding hydrogens is 268 g/mol. The molecule has 0 aliphatic rings. The SMILES string of the molecule is Cn1c(-c2n[nH]c3ccccc23)nnc1S(N)(=O)=O. The van der Waals surface area contributed by atoms with Crippen molar-refractivity contribution in [2.45, 2.75) is 5.16 Å². The largest absolute Gasteiger partial charge is 0.298 e. The van der Waals surface area contributed by atoms with Gasteiger partial charge in [0, 0.05) is 12.4 Å².